The minimum Gasteiger partial charge on any atom is -0.449 e. The summed E-state index contributed by atoms with van der Waals surface area (Å²) in [4.78, 5) is 10.8. The summed E-state index contributed by atoms with van der Waals surface area (Å²) >= 11 is 0. The van der Waals surface area contributed by atoms with Crippen molar-refractivity contribution in [2.45, 2.75) is 19.8 Å². The van der Waals surface area contributed by atoms with Gasteiger partial charge in [-0.15, -0.1) is 0 Å². The Balaban J connectivity index is 3.64. The number of nitrogens with one attached hydrogen (secondary N) is 1. The standard InChI is InChI=1S/C8H15F2NO3/c1-6(2)3-14-7(13)11-4-8(9,10)5-12/h6,12H,3-5H2,1-2H3,(H,11,13). The van der Waals surface area contributed by atoms with Gasteiger partial charge in [-0.25, -0.2) is 13.6 Å². The SMILES string of the molecule is CC(C)COC(=O)NCC(F)(F)CO. The van der Waals surface area contributed by atoms with Gasteiger partial charge in [0.15, 0.2) is 0 Å². The van der Waals surface area contributed by atoms with E-state index < -0.39 is 25.2 Å². The molecule has 0 bridgehead atoms. The number of hydrogen-bond donors (Lipinski definition) is 2. The molecule has 0 heterocycles. The minimum atomic E-state index is -3.29. The van der Waals surface area contributed by atoms with Crippen molar-refractivity contribution in [2.24, 2.45) is 5.92 Å². The van der Waals surface area contributed by atoms with Gasteiger partial charge >= 0.3 is 6.09 Å². The molecule has 0 saturated heterocycles. The van der Waals surface area contributed by atoms with Crippen LogP contribution in [0.5, 0.6) is 0 Å². The van der Waals surface area contributed by atoms with E-state index >= 15 is 0 Å². The van der Waals surface area contributed by atoms with E-state index in [0.29, 0.717) is 0 Å². The number of halogens is 2. The van der Waals surface area contributed by atoms with E-state index in [1.807, 2.05) is 19.2 Å². The predicted octanol–water partition coefficient (Wildman–Crippen LogP) is 0.996. The van der Waals surface area contributed by atoms with Crippen LogP contribution in [0, 0.1) is 5.92 Å². The maximum atomic E-state index is 12.4. The van der Waals surface area contributed by atoms with Gasteiger partial charge in [0, 0.05) is 0 Å². The Morgan fingerprint density at radius 3 is 2.57 bits per heavy atom. The summed E-state index contributed by atoms with van der Waals surface area (Å²) in [6.07, 6.45) is -0.896. The van der Waals surface area contributed by atoms with Crippen molar-refractivity contribution in [2.75, 3.05) is 19.8 Å². The maximum absolute atomic E-state index is 12.4. The van der Waals surface area contributed by atoms with Gasteiger partial charge in [0.05, 0.1) is 13.2 Å². The number of ether oxygens (including phenoxy) is 1. The van der Waals surface area contributed by atoms with Crippen LogP contribution in [0.4, 0.5) is 13.6 Å². The Hall–Kier alpha value is -0.910. The van der Waals surface area contributed by atoms with E-state index in [4.69, 9.17) is 5.11 Å². The smallest absolute Gasteiger partial charge is 0.407 e. The van der Waals surface area contributed by atoms with Crippen molar-refractivity contribution < 1.29 is 23.4 Å². The van der Waals surface area contributed by atoms with E-state index in [1.54, 1.807) is 0 Å². The zero-order valence-electron chi connectivity index (χ0n) is 8.22. The molecule has 0 atom stereocenters. The monoisotopic (exact) mass is 211 g/mol. The summed E-state index contributed by atoms with van der Waals surface area (Å²) < 4.78 is 29.4. The van der Waals surface area contributed by atoms with Gasteiger partial charge in [0.1, 0.15) is 6.61 Å². The Bertz CT molecular complexity index is 185. The molecule has 0 unspecified atom stereocenters. The van der Waals surface area contributed by atoms with Crippen LogP contribution < -0.4 is 5.32 Å². The molecule has 14 heavy (non-hydrogen) atoms. The molecule has 0 rings (SSSR count). The number of carbonyl (C=O) groups excluding carboxylic acids is 1. The molecule has 4 nitrogen and oxygen atoms in total. The summed E-state index contributed by atoms with van der Waals surface area (Å²) in [5, 5.41) is 10.0. The van der Waals surface area contributed by atoms with Crippen molar-refractivity contribution in [1.29, 1.82) is 0 Å². The van der Waals surface area contributed by atoms with Crippen LogP contribution in [0.25, 0.3) is 0 Å². The van der Waals surface area contributed by atoms with E-state index in [1.165, 1.54) is 0 Å². The van der Waals surface area contributed by atoms with E-state index in [0.717, 1.165) is 0 Å². The molecule has 0 aliphatic heterocycles. The van der Waals surface area contributed by atoms with Crippen molar-refractivity contribution >= 4 is 6.09 Å². The summed E-state index contributed by atoms with van der Waals surface area (Å²) in [5.74, 6) is -3.14. The number of amides is 1. The Kier molecular flexibility index (Phi) is 5.37. The minimum absolute atomic E-state index is 0.152. The van der Waals surface area contributed by atoms with Gasteiger partial charge in [0.25, 0.3) is 5.92 Å². The normalized spacial score (nSPS) is 11.6. The molecule has 0 aromatic heterocycles. The molecular weight excluding hydrogens is 196 g/mol. The lowest BCUT2D eigenvalue weighted by molar-refractivity contribution is -0.0471. The highest BCUT2D eigenvalue weighted by atomic mass is 19.3. The van der Waals surface area contributed by atoms with Crippen LogP contribution in [0.1, 0.15) is 13.8 Å². The van der Waals surface area contributed by atoms with Gasteiger partial charge in [-0.05, 0) is 5.92 Å². The number of alkyl carbamates (subject to hydrolysis) is 1. The molecule has 0 radical (unpaired) electrons. The molecule has 0 fully saturated rings. The quantitative estimate of drug-likeness (QED) is 0.713. The second-order valence-corrected chi connectivity index (χ2v) is 3.36. The lowest BCUT2D eigenvalue weighted by Crippen LogP contribution is -2.39. The lowest BCUT2D eigenvalue weighted by Gasteiger charge is -2.14. The first kappa shape index (κ1) is 13.1. The van der Waals surface area contributed by atoms with Crippen LogP contribution in [0.15, 0.2) is 0 Å². The summed E-state index contributed by atoms with van der Waals surface area (Å²) in [6.45, 7) is 1.62. The Labute approximate surface area is 81.2 Å². The first-order valence-electron chi connectivity index (χ1n) is 4.26. The first-order valence-corrected chi connectivity index (χ1v) is 4.26. The highest BCUT2D eigenvalue weighted by molar-refractivity contribution is 5.67. The largest absolute Gasteiger partial charge is 0.449 e. The number of alkyl halides is 2. The Morgan fingerprint density at radius 1 is 1.57 bits per heavy atom. The third kappa shape index (κ3) is 6.59. The molecule has 2 N–H and O–H groups in total. The van der Waals surface area contributed by atoms with Crippen LogP contribution in [-0.2, 0) is 4.74 Å². The van der Waals surface area contributed by atoms with Gasteiger partial charge in [-0.3, -0.25) is 0 Å². The molecule has 84 valence electrons. The molecular formula is C8H15F2NO3. The fraction of sp³-hybridized carbons (Fsp3) is 0.875. The molecule has 0 saturated carbocycles. The molecule has 0 aliphatic carbocycles. The summed E-state index contributed by atoms with van der Waals surface area (Å²) in [6, 6.07) is 0. The number of aliphatic hydroxyl groups is 1. The number of rotatable bonds is 5. The van der Waals surface area contributed by atoms with Crippen molar-refractivity contribution in [3.8, 4) is 0 Å². The lowest BCUT2D eigenvalue weighted by atomic mass is 10.2. The molecule has 0 aromatic rings. The third-order valence-corrected chi connectivity index (χ3v) is 1.27. The number of carbonyl (C=O) groups is 1. The predicted molar refractivity (Wildman–Crippen MR) is 46.2 cm³/mol. The van der Waals surface area contributed by atoms with Gasteiger partial charge in [-0.2, -0.15) is 0 Å². The fourth-order valence-corrected chi connectivity index (χ4v) is 0.551. The molecule has 6 heteroatoms. The van der Waals surface area contributed by atoms with Crippen LogP contribution in [0.2, 0.25) is 0 Å². The van der Waals surface area contributed by atoms with Crippen molar-refractivity contribution in [3.63, 3.8) is 0 Å². The highest BCUT2D eigenvalue weighted by Crippen LogP contribution is 2.09. The summed E-state index contributed by atoms with van der Waals surface area (Å²) in [7, 11) is 0. The van der Waals surface area contributed by atoms with Crippen LogP contribution in [0.3, 0.4) is 0 Å². The average molecular weight is 211 g/mol. The molecule has 0 aromatic carbocycles. The second kappa shape index (κ2) is 5.74. The highest BCUT2D eigenvalue weighted by Gasteiger charge is 2.28. The second-order valence-electron chi connectivity index (χ2n) is 3.36. The number of aliphatic hydroxyl groups excluding tert-OH is 1. The number of hydrogen-bond acceptors (Lipinski definition) is 3. The van der Waals surface area contributed by atoms with Crippen LogP contribution >= 0.6 is 0 Å². The summed E-state index contributed by atoms with van der Waals surface area (Å²) in [5.41, 5.74) is 0. The fourth-order valence-electron chi connectivity index (χ4n) is 0.551. The zero-order valence-corrected chi connectivity index (χ0v) is 8.22. The van der Waals surface area contributed by atoms with E-state index in [9.17, 15) is 13.6 Å². The topological polar surface area (TPSA) is 58.6 Å². The molecule has 0 spiro atoms. The van der Waals surface area contributed by atoms with E-state index in [-0.39, 0.29) is 12.5 Å². The average Bonchev–Trinajstić information content (AvgIpc) is 2.11. The maximum Gasteiger partial charge on any atom is 0.407 e. The van der Waals surface area contributed by atoms with Crippen LogP contribution in [-0.4, -0.2) is 36.9 Å². The van der Waals surface area contributed by atoms with Gasteiger partial charge in [-0.1, -0.05) is 13.8 Å². The zero-order chi connectivity index (χ0) is 11.2. The van der Waals surface area contributed by atoms with Crippen molar-refractivity contribution in [1.82, 2.24) is 5.32 Å². The molecule has 1 amide bonds. The van der Waals surface area contributed by atoms with Gasteiger partial charge < -0.3 is 15.2 Å². The Morgan fingerprint density at radius 2 is 2.14 bits per heavy atom. The first-order chi connectivity index (χ1) is 6.37. The third-order valence-electron chi connectivity index (χ3n) is 1.27. The molecule has 0 aliphatic rings. The van der Waals surface area contributed by atoms with Crippen molar-refractivity contribution in [3.05, 3.63) is 0 Å². The van der Waals surface area contributed by atoms with E-state index in [2.05, 4.69) is 4.74 Å². The van der Waals surface area contributed by atoms with Gasteiger partial charge in [0.2, 0.25) is 0 Å².